The van der Waals surface area contributed by atoms with Gasteiger partial charge in [0.25, 0.3) is 0 Å². The minimum absolute atomic E-state index is 0.100. The van der Waals surface area contributed by atoms with Crippen LogP contribution in [-0.2, 0) is 0 Å². The summed E-state index contributed by atoms with van der Waals surface area (Å²) in [5.41, 5.74) is 1.42. The van der Waals surface area contributed by atoms with E-state index in [-0.39, 0.29) is 52.9 Å². The second-order valence-corrected chi connectivity index (χ2v) is 6.39. The molecular formula is C15H16N12O4. The zero-order valence-electron chi connectivity index (χ0n) is 16.8. The van der Waals surface area contributed by atoms with Gasteiger partial charge in [0.2, 0.25) is 23.3 Å². The number of carbonyl (C=O) groups excluding carboxylic acids is 2. The van der Waals surface area contributed by atoms with E-state index in [9.17, 15) is 9.59 Å². The number of Topliss-reactive ketones (excluding diaryl/α,β-unsaturated/α-hetero) is 2. The van der Waals surface area contributed by atoms with Crippen LogP contribution in [0.4, 0.5) is 11.6 Å². The molecule has 0 spiro atoms. The Morgan fingerprint density at radius 1 is 0.774 bits per heavy atom. The first kappa shape index (κ1) is 19.8. The SMILES string of the molecule is CC(=O)c1nnn(-c2nonc2NCNc2nonc2-n2nnc(C(C)=O)c2C)c1C. The highest BCUT2D eigenvalue weighted by molar-refractivity contribution is 5.93. The predicted octanol–water partition coefficient (Wildman–Crippen LogP) is 0.118. The third kappa shape index (κ3) is 3.49. The lowest BCUT2D eigenvalue weighted by Gasteiger charge is -2.06. The van der Waals surface area contributed by atoms with Gasteiger partial charge in [-0.25, -0.2) is 9.26 Å². The number of aromatic nitrogens is 10. The fourth-order valence-corrected chi connectivity index (χ4v) is 2.79. The molecule has 0 bridgehead atoms. The molecule has 0 unspecified atom stereocenters. The van der Waals surface area contributed by atoms with Crippen LogP contribution in [0.3, 0.4) is 0 Å². The van der Waals surface area contributed by atoms with Crippen molar-refractivity contribution < 1.29 is 18.8 Å². The smallest absolute Gasteiger partial charge is 0.243 e. The van der Waals surface area contributed by atoms with E-state index in [1.807, 2.05) is 0 Å². The van der Waals surface area contributed by atoms with Gasteiger partial charge in [-0.2, -0.15) is 9.36 Å². The van der Waals surface area contributed by atoms with Crippen LogP contribution in [0.25, 0.3) is 11.6 Å². The standard InChI is InChI=1S/C15H16N12O4/c1-6-10(8(3)28)18-24-26(6)14-12(20-30-22-14)16-5-17-13-15(23-31-21-13)27-7(2)11(9(4)29)19-25-27/h5H2,1-4H3,(H,16,20)(H,17,21). The van der Waals surface area contributed by atoms with Crippen molar-refractivity contribution in [2.24, 2.45) is 0 Å². The van der Waals surface area contributed by atoms with E-state index >= 15 is 0 Å². The number of ketones is 2. The molecule has 4 aromatic heterocycles. The third-order valence-electron chi connectivity index (χ3n) is 4.31. The molecule has 0 aliphatic heterocycles. The first-order chi connectivity index (χ1) is 14.9. The molecule has 16 heteroatoms. The fourth-order valence-electron chi connectivity index (χ4n) is 2.79. The second kappa shape index (κ2) is 7.73. The number of hydrogen-bond acceptors (Lipinski definition) is 14. The first-order valence-electron chi connectivity index (χ1n) is 8.88. The number of anilines is 2. The Bertz CT molecular complexity index is 1170. The van der Waals surface area contributed by atoms with Crippen molar-refractivity contribution in [3.8, 4) is 11.6 Å². The monoisotopic (exact) mass is 428 g/mol. The topological polar surface area (TPSA) is 197 Å². The van der Waals surface area contributed by atoms with E-state index in [1.54, 1.807) is 13.8 Å². The van der Waals surface area contributed by atoms with Crippen LogP contribution in [0.2, 0.25) is 0 Å². The molecule has 0 amide bonds. The molecule has 31 heavy (non-hydrogen) atoms. The molecule has 16 nitrogen and oxygen atoms in total. The molecule has 0 saturated carbocycles. The third-order valence-corrected chi connectivity index (χ3v) is 4.31. The van der Waals surface area contributed by atoms with Gasteiger partial charge in [0.15, 0.2) is 23.0 Å². The summed E-state index contributed by atoms with van der Waals surface area (Å²) >= 11 is 0. The minimum atomic E-state index is -0.223. The highest BCUT2D eigenvalue weighted by Gasteiger charge is 2.22. The number of hydrogen-bond donors (Lipinski definition) is 2. The summed E-state index contributed by atoms with van der Waals surface area (Å²) in [5, 5.41) is 36.6. The molecule has 160 valence electrons. The molecule has 0 atom stereocenters. The molecule has 0 radical (unpaired) electrons. The van der Waals surface area contributed by atoms with E-state index in [0.717, 1.165) is 0 Å². The molecule has 4 aromatic rings. The highest BCUT2D eigenvalue weighted by atomic mass is 16.6. The zero-order valence-corrected chi connectivity index (χ0v) is 16.8. The molecule has 0 aromatic carbocycles. The van der Waals surface area contributed by atoms with Crippen molar-refractivity contribution in [1.82, 2.24) is 50.6 Å². The second-order valence-electron chi connectivity index (χ2n) is 6.39. The lowest BCUT2D eigenvalue weighted by Crippen LogP contribution is -2.16. The number of carbonyl (C=O) groups is 2. The van der Waals surface area contributed by atoms with Gasteiger partial charge in [-0.1, -0.05) is 10.4 Å². The van der Waals surface area contributed by atoms with Crippen molar-refractivity contribution in [3.63, 3.8) is 0 Å². The quantitative estimate of drug-likeness (QED) is 0.283. The Morgan fingerprint density at radius 3 is 1.55 bits per heavy atom. The van der Waals surface area contributed by atoms with Gasteiger partial charge in [0, 0.05) is 13.8 Å². The van der Waals surface area contributed by atoms with Gasteiger partial charge in [0.05, 0.1) is 18.1 Å². The van der Waals surface area contributed by atoms with E-state index in [1.165, 1.54) is 23.2 Å². The average Bonchev–Trinajstić information content (AvgIpc) is 3.48. The van der Waals surface area contributed by atoms with Crippen LogP contribution in [0.1, 0.15) is 46.2 Å². The summed E-state index contributed by atoms with van der Waals surface area (Å²) in [6.07, 6.45) is 0. The Balaban J connectivity index is 1.49. The summed E-state index contributed by atoms with van der Waals surface area (Å²) in [6, 6.07) is 0. The maximum absolute atomic E-state index is 11.6. The summed E-state index contributed by atoms with van der Waals surface area (Å²) in [7, 11) is 0. The van der Waals surface area contributed by atoms with E-state index in [2.05, 4.69) is 51.9 Å². The largest absolute Gasteiger partial charge is 0.347 e. The van der Waals surface area contributed by atoms with Crippen LogP contribution < -0.4 is 10.6 Å². The Kier molecular flexibility index (Phi) is 4.94. The highest BCUT2D eigenvalue weighted by Crippen LogP contribution is 2.20. The lowest BCUT2D eigenvalue weighted by molar-refractivity contribution is 0.0999. The normalized spacial score (nSPS) is 11.0. The van der Waals surface area contributed by atoms with Gasteiger partial charge < -0.3 is 10.6 Å². The minimum Gasteiger partial charge on any atom is -0.347 e. The Morgan fingerprint density at radius 2 is 1.19 bits per heavy atom. The van der Waals surface area contributed by atoms with Crippen LogP contribution in [0, 0.1) is 13.8 Å². The van der Waals surface area contributed by atoms with Crippen LogP contribution >= 0.6 is 0 Å². The molecule has 4 heterocycles. The average molecular weight is 428 g/mol. The van der Waals surface area contributed by atoms with E-state index in [4.69, 9.17) is 9.26 Å². The van der Waals surface area contributed by atoms with Crippen molar-refractivity contribution in [2.75, 3.05) is 17.3 Å². The summed E-state index contributed by atoms with van der Waals surface area (Å²) in [6.45, 7) is 6.24. The Labute approximate surface area is 172 Å². The number of nitrogens with one attached hydrogen (secondary N) is 2. The van der Waals surface area contributed by atoms with Gasteiger partial charge >= 0.3 is 0 Å². The Hall–Kier alpha value is -4.50. The van der Waals surface area contributed by atoms with Gasteiger partial charge in [0.1, 0.15) is 0 Å². The lowest BCUT2D eigenvalue weighted by atomic mass is 10.2. The summed E-state index contributed by atoms with van der Waals surface area (Å²) in [4.78, 5) is 23.2. The molecule has 0 aliphatic rings. The van der Waals surface area contributed by atoms with Crippen molar-refractivity contribution >= 4 is 23.2 Å². The zero-order chi connectivity index (χ0) is 22.1. The van der Waals surface area contributed by atoms with Crippen molar-refractivity contribution in [3.05, 3.63) is 22.8 Å². The molecule has 0 aliphatic carbocycles. The molecule has 2 N–H and O–H groups in total. The predicted molar refractivity (Wildman–Crippen MR) is 100 cm³/mol. The van der Waals surface area contributed by atoms with Gasteiger partial charge in [-0.3, -0.25) is 9.59 Å². The maximum Gasteiger partial charge on any atom is 0.243 e. The number of nitrogens with zero attached hydrogens (tertiary/aromatic N) is 10. The van der Waals surface area contributed by atoms with Crippen LogP contribution in [0.5, 0.6) is 0 Å². The van der Waals surface area contributed by atoms with Crippen molar-refractivity contribution in [2.45, 2.75) is 27.7 Å². The molecule has 4 rings (SSSR count). The van der Waals surface area contributed by atoms with Crippen LogP contribution in [-0.4, -0.2) is 68.8 Å². The maximum atomic E-state index is 11.6. The van der Waals surface area contributed by atoms with E-state index < -0.39 is 0 Å². The van der Waals surface area contributed by atoms with E-state index in [0.29, 0.717) is 11.4 Å². The van der Waals surface area contributed by atoms with Crippen LogP contribution in [0.15, 0.2) is 9.26 Å². The molecular weight excluding hydrogens is 412 g/mol. The molecule has 0 saturated heterocycles. The number of rotatable bonds is 8. The summed E-state index contributed by atoms with van der Waals surface area (Å²) in [5.74, 6) is 0.471. The van der Waals surface area contributed by atoms with Gasteiger partial charge in [-0.05, 0) is 34.5 Å². The van der Waals surface area contributed by atoms with Gasteiger partial charge in [-0.15, -0.1) is 10.2 Å². The summed E-state index contributed by atoms with van der Waals surface area (Å²) < 4.78 is 12.2. The fraction of sp³-hybridized carbons (Fsp3) is 0.333. The molecule has 0 fully saturated rings. The first-order valence-corrected chi connectivity index (χ1v) is 8.88. The van der Waals surface area contributed by atoms with Crippen molar-refractivity contribution in [1.29, 1.82) is 0 Å².